The Labute approximate surface area is 129 Å². The fourth-order valence-corrected chi connectivity index (χ4v) is 3.06. The highest BCUT2D eigenvalue weighted by atomic mass is 79.9. The summed E-state index contributed by atoms with van der Waals surface area (Å²) in [5.74, 6) is 0.966. The molecule has 1 aromatic carbocycles. The van der Waals surface area contributed by atoms with Gasteiger partial charge in [-0.1, -0.05) is 36.7 Å². The lowest BCUT2D eigenvalue weighted by atomic mass is 9.83. The van der Waals surface area contributed by atoms with Gasteiger partial charge in [0.05, 0.1) is 6.61 Å². The maximum Gasteiger partial charge on any atom is 0.124 e. The van der Waals surface area contributed by atoms with Crippen LogP contribution in [0.25, 0.3) is 0 Å². The molecular formula is C16H24BrNO2. The predicted octanol–water partition coefficient (Wildman–Crippen LogP) is 3.66. The van der Waals surface area contributed by atoms with Crippen molar-refractivity contribution in [1.82, 2.24) is 5.32 Å². The van der Waals surface area contributed by atoms with E-state index in [0.717, 1.165) is 29.7 Å². The van der Waals surface area contributed by atoms with E-state index in [2.05, 4.69) is 48.1 Å². The second-order valence-corrected chi connectivity index (χ2v) is 7.39. The van der Waals surface area contributed by atoms with Gasteiger partial charge in [-0.05, 0) is 30.0 Å². The van der Waals surface area contributed by atoms with Crippen molar-refractivity contribution in [3.63, 3.8) is 0 Å². The molecule has 0 fully saturated rings. The lowest BCUT2D eigenvalue weighted by Gasteiger charge is -2.37. The fourth-order valence-electron chi connectivity index (χ4n) is 2.68. The molecule has 2 unspecified atom stereocenters. The highest BCUT2D eigenvalue weighted by Gasteiger charge is 2.29. The van der Waals surface area contributed by atoms with E-state index in [1.807, 2.05) is 12.1 Å². The van der Waals surface area contributed by atoms with Crippen molar-refractivity contribution >= 4 is 15.9 Å². The van der Waals surface area contributed by atoms with Crippen LogP contribution in [0.15, 0.2) is 22.7 Å². The molecule has 1 aliphatic rings. The third kappa shape index (κ3) is 3.74. The number of rotatable bonds is 4. The highest BCUT2D eigenvalue weighted by Crippen LogP contribution is 2.36. The quantitative estimate of drug-likeness (QED) is 0.877. The molecule has 2 atom stereocenters. The van der Waals surface area contributed by atoms with E-state index in [4.69, 9.17) is 4.74 Å². The average Bonchev–Trinajstić information content (AvgIpc) is 2.37. The third-order valence-corrected chi connectivity index (χ3v) is 4.37. The monoisotopic (exact) mass is 341 g/mol. The summed E-state index contributed by atoms with van der Waals surface area (Å²) >= 11 is 3.53. The number of ether oxygens (including phenoxy) is 1. The summed E-state index contributed by atoms with van der Waals surface area (Å²) in [6, 6.07) is 6.72. The minimum atomic E-state index is 0.118. The van der Waals surface area contributed by atoms with Crippen LogP contribution in [0.4, 0.5) is 0 Å². The van der Waals surface area contributed by atoms with Gasteiger partial charge in [0.1, 0.15) is 5.75 Å². The molecule has 0 radical (unpaired) electrons. The van der Waals surface area contributed by atoms with Crippen LogP contribution in [-0.2, 0) is 0 Å². The Morgan fingerprint density at radius 1 is 1.45 bits per heavy atom. The minimum absolute atomic E-state index is 0.118. The first kappa shape index (κ1) is 15.8. The summed E-state index contributed by atoms with van der Waals surface area (Å²) in [7, 11) is 0. The normalized spacial score (nSPS) is 20.1. The molecule has 1 aliphatic heterocycles. The summed E-state index contributed by atoms with van der Waals surface area (Å²) in [6.45, 7) is 7.58. The second kappa shape index (κ2) is 6.46. The highest BCUT2D eigenvalue weighted by molar-refractivity contribution is 9.10. The molecule has 0 spiro atoms. The molecule has 0 amide bonds. The molecular weight excluding hydrogens is 318 g/mol. The molecule has 3 nitrogen and oxygen atoms in total. The molecule has 0 aliphatic carbocycles. The van der Waals surface area contributed by atoms with Crippen molar-refractivity contribution in [3.8, 4) is 5.75 Å². The van der Waals surface area contributed by atoms with E-state index in [9.17, 15) is 5.11 Å². The first-order valence-electron chi connectivity index (χ1n) is 7.21. The molecule has 0 bridgehead atoms. The van der Waals surface area contributed by atoms with Crippen LogP contribution in [-0.4, -0.2) is 24.4 Å². The number of nitrogens with one attached hydrogen (secondary N) is 1. The van der Waals surface area contributed by atoms with E-state index in [-0.39, 0.29) is 24.1 Å². The van der Waals surface area contributed by atoms with Gasteiger partial charge in [-0.3, -0.25) is 0 Å². The van der Waals surface area contributed by atoms with E-state index in [1.54, 1.807) is 0 Å². The van der Waals surface area contributed by atoms with Crippen molar-refractivity contribution in [2.75, 3.05) is 13.2 Å². The standard InChI is InChI=1S/C16H24BrNO2/c1-16(2,3)15(6-8-19)18-13-7-9-20-14-5-4-11(17)10-12(13)14/h4-5,10,13,15,18-19H,6-9H2,1-3H3. The van der Waals surface area contributed by atoms with Crippen molar-refractivity contribution in [2.24, 2.45) is 5.41 Å². The number of fused-ring (bicyclic) bond motifs is 1. The number of aliphatic hydroxyl groups excluding tert-OH is 1. The lowest BCUT2D eigenvalue weighted by Crippen LogP contribution is -2.44. The summed E-state index contributed by atoms with van der Waals surface area (Å²) in [6.07, 6.45) is 1.73. The van der Waals surface area contributed by atoms with Crippen LogP contribution in [0.2, 0.25) is 0 Å². The van der Waals surface area contributed by atoms with Crippen LogP contribution in [0.5, 0.6) is 5.75 Å². The molecule has 0 aromatic heterocycles. The van der Waals surface area contributed by atoms with Gasteiger partial charge in [-0.15, -0.1) is 0 Å². The molecule has 0 saturated heterocycles. The van der Waals surface area contributed by atoms with Gasteiger partial charge in [0, 0.05) is 35.1 Å². The van der Waals surface area contributed by atoms with Crippen LogP contribution >= 0.6 is 15.9 Å². The van der Waals surface area contributed by atoms with E-state index in [1.165, 1.54) is 5.56 Å². The van der Waals surface area contributed by atoms with Crippen molar-refractivity contribution < 1.29 is 9.84 Å². The Balaban J connectivity index is 2.20. The Morgan fingerprint density at radius 3 is 2.85 bits per heavy atom. The van der Waals surface area contributed by atoms with Gasteiger partial charge in [0.2, 0.25) is 0 Å². The van der Waals surface area contributed by atoms with Crippen LogP contribution < -0.4 is 10.1 Å². The van der Waals surface area contributed by atoms with Crippen LogP contribution in [0.1, 0.15) is 45.2 Å². The molecule has 0 saturated carbocycles. The third-order valence-electron chi connectivity index (χ3n) is 3.88. The van der Waals surface area contributed by atoms with Crippen molar-refractivity contribution in [2.45, 2.75) is 45.7 Å². The van der Waals surface area contributed by atoms with Crippen molar-refractivity contribution in [3.05, 3.63) is 28.2 Å². The number of aliphatic hydroxyl groups is 1. The molecule has 1 aromatic rings. The van der Waals surface area contributed by atoms with Gasteiger partial charge in [0.25, 0.3) is 0 Å². The SMILES string of the molecule is CC(C)(C)C(CCO)NC1CCOc2ccc(Br)cc21. The lowest BCUT2D eigenvalue weighted by molar-refractivity contribution is 0.167. The molecule has 112 valence electrons. The summed E-state index contributed by atoms with van der Waals surface area (Å²) < 4.78 is 6.80. The minimum Gasteiger partial charge on any atom is -0.493 e. The molecule has 2 rings (SSSR count). The number of hydrogen-bond donors (Lipinski definition) is 2. The molecule has 20 heavy (non-hydrogen) atoms. The maximum atomic E-state index is 9.30. The number of halogens is 1. The zero-order chi connectivity index (χ0) is 14.8. The fraction of sp³-hybridized carbons (Fsp3) is 0.625. The van der Waals surface area contributed by atoms with Gasteiger partial charge < -0.3 is 15.2 Å². The first-order valence-corrected chi connectivity index (χ1v) is 8.00. The summed E-state index contributed by atoms with van der Waals surface area (Å²) in [4.78, 5) is 0. The van der Waals surface area contributed by atoms with Gasteiger partial charge in [-0.2, -0.15) is 0 Å². The van der Waals surface area contributed by atoms with Gasteiger partial charge >= 0.3 is 0 Å². The van der Waals surface area contributed by atoms with E-state index >= 15 is 0 Å². The average molecular weight is 342 g/mol. The largest absolute Gasteiger partial charge is 0.493 e. The zero-order valence-corrected chi connectivity index (χ0v) is 14.0. The summed E-state index contributed by atoms with van der Waals surface area (Å²) in [5.41, 5.74) is 1.32. The van der Waals surface area contributed by atoms with Gasteiger partial charge in [0.15, 0.2) is 0 Å². The topological polar surface area (TPSA) is 41.5 Å². The predicted molar refractivity (Wildman–Crippen MR) is 85.1 cm³/mol. The van der Waals surface area contributed by atoms with E-state index < -0.39 is 0 Å². The number of hydrogen-bond acceptors (Lipinski definition) is 3. The van der Waals surface area contributed by atoms with Crippen molar-refractivity contribution in [1.29, 1.82) is 0 Å². The van der Waals surface area contributed by atoms with Crippen LogP contribution in [0, 0.1) is 5.41 Å². The first-order chi connectivity index (χ1) is 9.41. The number of benzene rings is 1. The second-order valence-electron chi connectivity index (χ2n) is 6.47. The Bertz CT molecular complexity index is 456. The van der Waals surface area contributed by atoms with Crippen LogP contribution in [0.3, 0.4) is 0 Å². The Kier molecular flexibility index (Phi) is 5.10. The molecule has 2 N–H and O–H groups in total. The Hall–Kier alpha value is -0.580. The van der Waals surface area contributed by atoms with Gasteiger partial charge in [-0.25, -0.2) is 0 Å². The summed E-state index contributed by atoms with van der Waals surface area (Å²) in [5, 5.41) is 13.0. The maximum absolute atomic E-state index is 9.30. The smallest absolute Gasteiger partial charge is 0.124 e. The van der Waals surface area contributed by atoms with E-state index in [0.29, 0.717) is 0 Å². The Morgan fingerprint density at radius 2 is 2.20 bits per heavy atom. The molecule has 4 heteroatoms. The molecule has 1 heterocycles. The zero-order valence-electron chi connectivity index (χ0n) is 12.4.